The summed E-state index contributed by atoms with van der Waals surface area (Å²) in [4.78, 5) is 0.818. The average Bonchev–Trinajstić information content (AvgIpc) is 2.80. The minimum atomic E-state index is -4.68. The van der Waals surface area contributed by atoms with Crippen LogP contribution in [0.4, 0.5) is 26.3 Å². The van der Waals surface area contributed by atoms with Gasteiger partial charge in [-0.05, 0) is 36.2 Å². The summed E-state index contributed by atoms with van der Waals surface area (Å²) in [6, 6.07) is 9.37. The van der Waals surface area contributed by atoms with E-state index < -0.39 is 67.7 Å². The van der Waals surface area contributed by atoms with E-state index in [1.807, 2.05) is 0 Å². The summed E-state index contributed by atoms with van der Waals surface area (Å²) in [5.74, 6) is -4.46. The second kappa shape index (κ2) is 9.66. The van der Waals surface area contributed by atoms with Gasteiger partial charge in [0.25, 0.3) is 0 Å². The molecular weight excluding hydrogens is 492 g/mol. The quantitative estimate of drug-likeness (QED) is 0.385. The predicted octanol–water partition coefficient (Wildman–Crippen LogP) is 5.90. The third-order valence-electron chi connectivity index (χ3n) is 6.34. The fraction of sp³-hybridized carbons (Fsp3) is 0.280. The van der Waals surface area contributed by atoms with E-state index in [1.165, 1.54) is 24.3 Å². The molecule has 0 saturated carbocycles. The Morgan fingerprint density at radius 1 is 0.800 bits per heavy atom. The lowest BCUT2D eigenvalue weighted by Crippen LogP contribution is -2.48. The van der Waals surface area contributed by atoms with Crippen LogP contribution >= 0.6 is 0 Å². The standard InChI is InChI=1S/C25H21F6NO2S/c26-17-6-5-16(21(29)14-17)13-23(19-8-7-18(27)15-22(19)30)32-11-9-25(31,10-12-32)35(33,34)24-4-2-1-3-20(24)28/h1-8,14-15,23H,9-13H2. The van der Waals surface area contributed by atoms with Crippen LogP contribution in [0.1, 0.15) is 30.0 Å². The highest BCUT2D eigenvalue weighted by atomic mass is 32.2. The molecule has 0 N–H and O–H groups in total. The smallest absolute Gasteiger partial charge is 0.217 e. The van der Waals surface area contributed by atoms with Crippen molar-refractivity contribution in [3.05, 3.63) is 101 Å². The monoisotopic (exact) mass is 513 g/mol. The van der Waals surface area contributed by atoms with E-state index in [1.54, 1.807) is 4.90 Å². The molecule has 10 heteroatoms. The third kappa shape index (κ3) is 4.95. The van der Waals surface area contributed by atoms with Gasteiger partial charge < -0.3 is 0 Å². The number of hydrogen-bond donors (Lipinski definition) is 0. The zero-order chi connectivity index (χ0) is 25.4. The number of piperidine rings is 1. The first-order valence-corrected chi connectivity index (χ1v) is 12.3. The zero-order valence-electron chi connectivity index (χ0n) is 18.3. The van der Waals surface area contributed by atoms with E-state index in [2.05, 4.69) is 0 Å². The molecule has 186 valence electrons. The molecule has 0 aromatic heterocycles. The molecule has 3 aromatic carbocycles. The highest BCUT2D eigenvalue weighted by Crippen LogP contribution is 2.40. The second-order valence-electron chi connectivity index (χ2n) is 8.47. The zero-order valence-corrected chi connectivity index (χ0v) is 19.1. The molecule has 0 aliphatic carbocycles. The molecule has 1 unspecified atom stereocenters. The van der Waals surface area contributed by atoms with E-state index in [0.29, 0.717) is 12.1 Å². The van der Waals surface area contributed by atoms with Gasteiger partial charge in [-0.2, -0.15) is 0 Å². The molecule has 1 aliphatic heterocycles. The fourth-order valence-corrected chi connectivity index (χ4v) is 6.10. The molecular formula is C25H21F6NO2S. The van der Waals surface area contributed by atoms with Crippen LogP contribution in [-0.4, -0.2) is 31.4 Å². The van der Waals surface area contributed by atoms with Crippen LogP contribution in [0.15, 0.2) is 65.6 Å². The van der Waals surface area contributed by atoms with Gasteiger partial charge in [-0.1, -0.05) is 24.3 Å². The van der Waals surface area contributed by atoms with Gasteiger partial charge in [0.15, 0.2) is 0 Å². The summed E-state index contributed by atoms with van der Waals surface area (Å²) in [7, 11) is -4.68. The van der Waals surface area contributed by atoms with Gasteiger partial charge in [0.1, 0.15) is 34.0 Å². The van der Waals surface area contributed by atoms with E-state index in [-0.39, 0.29) is 30.6 Å². The SMILES string of the molecule is O=S(=O)(c1ccccc1F)C1(F)CCN(C(Cc2ccc(F)cc2F)c2ccc(F)cc2F)CC1. The van der Waals surface area contributed by atoms with Crippen molar-refractivity contribution in [3.63, 3.8) is 0 Å². The van der Waals surface area contributed by atoms with Gasteiger partial charge in [-0.15, -0.1) is 0 Å². The van der Waals surface area contributed by atoms with Crippen LogP contribution in [0.3, 0.4) is 0 Å². The maximum atomic E-state index is 15.7. The number of alkyl halides is 1. The van der Waals surface area contributed by atoms with Crippen LogP contribution in [0.25, 0.3) is 0 Å². The Morgan fingerprint density at radius 2 is 1.40 bits per heavy atom. The Balaban J connectivity index is 1.64. The van der Waals surface area contributed by atoms with Gasteiger partial charge in [0.2, 0.25) is 14.8 Å². The molecule has 1 saturated heterocycles. The Bertz CT molecular complexity index is 1340. The topological polar surface area (TPSA) is 37.4 Å². The Morgan fingerprint density at radius 3 is 2.00 bits per heavy atom. The Labute approximate surface area is 198 Å². The maximum absolute atomic E-state index is 15.7. The summed E-state index contributed by atoms with van der Waals surface area (Å²) in [5.41, 5.74) is 0.0506. The van der Waals surface area contributed by atoms with Gasteiger partial charge in [0.05, 0.1) is 0 Å². The number of likely N-dealkylation sites (tertiary alicyclic amines) is 1. The van der Waals surface area contributed by atoms with Gasteiger partial charge in [-0.25, -0.2) is 34.8 Å². The summed E-state index contributed by atoms with van der Waals surface area (Å²) >= 11 is 0. The van der Waals surface area contributed by atoms with E-state index in [4.69, 9.17) is 0 Å². The number of nitrogens with zero attached hydrogens (tertiary/aromatic N) is 1. The normalized spacial score (nSPS) is 17.3. The number of hydrogen-bond acceptors (Lipinski definition) is 3. The van der Waals surface area contributed by atoms with Crippen molar-refractivity contribution < 1.29 is 34.8 Å². The lowest BCUT2D eigenvalue weighted by atomic mass is 9.94. The largest absolute Gasteiger partial charge is 0.296 e. The molecule has 1 aliphatic rings. The van der Waals surface area contributed by atoms with Gasteiger partial charge in [0, 0.05) is 49.7 Å². The van der Waals surface area contributed by atoms with Crippen LogP contribution in [0.5, 0.6) is 0 Å². The first kappa shape index (κ1) is 25.2. The van der Waals surface area contributed by atoms with E-state index in [0.717, 1.165) is 24.3 Å². The van der Waals surface area contributed by atoms with E-state index in [9.17, 15) is 30.4 Å². The minimum absolute atomic E-state index is 0.00144. The van der Waals surface area contributed by atoms with Crippen molar-refractivity contribution in [3.8, 4) is 0 Å². The molecule has 1 fully saturated rings. The Hall–Kier alpha value is -2.85. The lowest BCUT2D eigenvalue weighted by molar-refractivity contribution is 0.0854. The second-order valence-corrected chi connectivity index (χ2v) is 10.7. The highest BCUT2D eigenvalue weighted by Gasteiger charge is 2.49. The number of benzene rings is 3. The Kier molecular flexibility index (Phi) is 6.97. The molecule has 3 nitrogen and oxygen atoms in total. The van der Waals surface area contributed by atoms with Crippen molar-refractivity contribution in [2.24, 2.45) is 0 Å². The van der Waals surface area contributed by atoms with Crippen LogP contribution in [0.2, 0.25) is 0 Å². The molecule has 0 amide bonds. The molecule has 0 radical (unpaired) electrons. The molecule has 4 rings (SSSR count). The van der Waals surface area contributed by atoms with Gasteiger partial charge >= 0.3 is 0 Å². The summed E-state index contributed by atoms with van der Waals surface area (Å²) in [5, 5.41) is -2.77. The number of rotatable bonds is 6. The fourth-order valence-electron chi connectivity index (χ4n) is 4.40. The molecule has 35 heavy (non-hydrogen) atoms. The van der Waals surface area contributed by atoms with Crippen LogP contribution in [-0.2, 0) is 16.3 Å². The summed E-state index contributed by atoms with van der Waals surface area (Å²) in [6.07, 6.45) is -1.25. The molecule has 0 spiro atoms. The number of halogens is 6. The molecule has 1 heterocycles. The molecule has 1 atom stereocenters. The minimum Gasteiger partial charge on any atom is -0.296 e. The van der Waals surface area contributed by atoms with Gasteiger partial charge in [-0.3, -0.25) is 4.90 Å². The first-order chi connectivity index (χ1) is 16.5. The molecule has 3 aromatic rings. The number of sulfone groups is 1. The van der Waals surface area contributed by atoms with Crippen molar-refractivity contribution in [2.75, 3.05) is 13.1 Å². The van der Waals surface area contributed by atoms with Crippen LogP contribution in [0, 0.1) is 29.1 Å². The summed E-state index contributed by atoms with van der Waals surface area (Å²) in [6.45, 7) is -0.372. The average molecular weight is 514 g/mol. The maximum Gasteiger partial charge on any atom is 0.217 e. The summed E-state index contributed by atoms with van der Waals surface area (Å²) < 4.78 is 112. The van der Waals surface area contributed by atoms with Crippen LogP contribution < -0.4 is 0 Å². The molecule has 0 bridgehead atoms. The highest BCUT2D eigenvalue weighted by molar-refractivity contribution is 7.92. The van der Waals surface area contributed by atoms with E-state index >= 15 is 4.39 Å². The van der Waals surface area contributed by atoms with Crippen molar-refractivity contribution in [1.29, 1.82) is 0 Å². The van der Waals surface area contributed by atoms with Crippen molar-refractivity contribution in [2.45, 2.75) is 35.2 Å². The van der Waals surface area contributed by atoms with Crippen molar-refractivity contribution in [1.82, 2.24) is 4.90 Å². The predicted molar refractivity (Wildman–Crippen MR) is 117 cm³/mol. The lowest BCUT2D eigenvalue weighted by Gasteiger charge is -2.40. The first-order valence-electron chi connectivity index (χ1n) is 10.8. The van der Waals surface area contributed by atoms with Crippen molar-refractivity contribution >= 4 is 9.84 Å². The third-order valence-corrected chi connectivity index (χ3v) is 8.62.